The summed E-state index contributed by atoms with van der Waals surface area (Å²) in [5.41, 5.74) is 5.70. The summed E-state index contributed by atoms with van der Waals surface area (Å²) in [7, 11) is 0. The Hall–Kier alpha value is -1.30. The highest BCUT2D eigenvalue weighted by Crippen LogP contribution is 2.52. The zero-order valence-corrected chi connectivity index (χ0v) is 10.3. The third-order valence-corrected chi connectivity index (χ3v) is 3.43. The zero-order chi connectivity index (χ0) is 13.3. The fourth-order valence-corrected chi connectivity index (χ4v) is 2.30. The minimum absolute atomic E-state index is 0.00308. The van der Waals surface area contributed by atoms with Gasteiger partial charge in [0.25, 0.3) is 0 Å². The van der Waals surface area contributed by atoms with Gasteiger partial charge in [0.15, 0.2) is 6.29 Å². The molecule has 1 aliphatic rings. The topological polar surface area (TPSA) is 68.9 Å². The molecular formula is C11H12ClF2N3O. The van der Waals surface area contributed by atoms with Gasteiger partial charge < -0.3 is 5.73 Å². The standard InChI is InChI=1S/C11H12ClF2N3O/c12-10-16-8(6(5-18)9(15)17-10)11(3-4-11)2-1-7(13)14/h5,7H,1-4H2,(H2,15,16,17). The van der Waals surface area contributed by atoms with Crippen LogP contribution >= 0.6 is 11.6 Å². The van der Waals surface area contributed by atoms with Crippen molar-refractivity contribution >= 4 is 23.7 Å². The Kier molecular flexibility index (Phi) is 3.47. The van der Waals surface area contributed by atoms with Crippen LogP contribution in [0, 0.1) is 0 Å². The number of nitrogens with two attached hydrogens (primary N) is 1. The maximum absolute atomic E-state index is 12.3. The lowest BCUT2D eigenvalue weighted by Crippen LogP contribution is -2.16. The van der Waals surface area contributed by atoms with E-state index in [1.54, 1.807) is 0 Å². The van der Waals surface area contributed by atoms with Crippen LogP contribution in [-0.2, 0) is 5.41 Å². The lowest BCUT2D eigenvalue weighted by atomic mass is 9.92. The lowest BCUT2D eigenvalue weighted by Gasteiger charge is -2.17. The molecule has 1 aromatic heterocycles. The Labute approximate surface area is 108 Å². The van der Waals surface area contributed by atoms with Gasteiger partial charge in [0, 0.05) is 11.8 Å². The van der Waals surface area contributed by atoms with E-state index in [1.165, 1.54) is 0 Å². The monoisotopic (exact) mass is 275 g/mol. The highest BCUT2D eigenvalue weighted by Gasteiger charge is 2.47. The van der Waals surface area contributed by atoms with E-state index in [0.29, 0.717) is 24.8 Å². The van der Waals surface area contributed by atoms with E-state index in [4.69, 9.17) is 17.3 Å². The van der Waals surface area contributed by atoms with Crippen LogP contribution in [0.1, 0.15) is 41.7 Å². The number of carbonyl (C=O) groups is 1. The molecule has 4 nitrogen and oxygen atoms in total. The number of carbonyl (C=O) groups excluding carboxylic acids is 1. The van der Waals surface area contributed by atoms with Crippen LogP contribution in [0.3, 0.4) is 0 Å². The molecule has 1 saturated carbocycles. The molecular weight excluding hydrogens is 264 g/mol. The van der Waals surface area contributed by atoms with Gasteiger partial charge in [-0.1, -0.05) is 0 Å². The van der Waals surface area contributed by atoms with Crippen molar-refractivity contribution < 1.29 is 13.6 Å². The highest BCUT2D eigenvalue weighted by molar-refractivity contribution is 6.28. The second-order valence-electron chi connectivity index (χ2n) is 4.47. The molecule has 1 fully saturated rings. The molecule has 0 bridgehead atoms. The predicted octanol–water partition coefficient (Wildman–Crippen LogP) is 2.60. The predicted molar refractivity (Wildman–Crippen MR) is 63.0 cm³/mol. The van der Waals surface area contributed by atoms with Gasteiger partial charge in [0.1, 0.15) is 5.82 Å². The number of anilines is 1. The number of hydrogen-bond acceptors (Lipinski definition) is 4. The number of hydrogen-bond donors (Lipinski definition) is 1. The van der Waals surface area contributed by atoms with Crippen LogP contribution in [0.15, 0.2) is 0 Å². The van der Waals surface area contributed by atoms with E-state index >= 15 is 0 Å². The molecule has 0 radical (unpaired) electrons. The molecule has 0 spiro atoms. The van der Waals surface area contributed by atoms with Crippen molar-refractivity contribution in [1.29, 1.82) is 0 Å². The van der Waals surface area contributed by atoms with Gasteiger partial charge >= 0.3 is 0 Å². The summed E-state index contributed by atoms with van der Waals surface area (Å²) in [5, 5.41) is -0.0589. The summed E-state index contributed by atoms with van der Waals surface area (Å²) in [6.07, 6.45) is -0.320. The van der Waals surface area contributed by atoms with Crippen LogP contribution in [0.4, 0.5) is 14.6 Å². The van der Waals surface area contributed by atoms with Crippen molar-refractivity contribution in [1.82, 2.24) is 9.97 Å². The first kappa shape index (κ1) is 13.1. The lowest BCUT2D eigenvalue weighted by molar-refractivity contribution is 0.112. The minimum Gasteiger partial charge on any atom is -0.383 e. The first-order chi connectivity index (χ1) is 8.48. The second-order valence-corrected chi connectivity index (χ2v) is 4.81. The Morgan fingerprint density at radius 1 is 1.44 bits per heavy atom. The van der Waals surface area contributed by atoms with Gasteiger partial charge in [-0.3, -0.25) is 4.79 Å². The molecule has 0 aromatic carbocycles. The largest absolute Gasteiger partial charge is 0.383 e. The number of alkyl halides is 2. The fourth-order valence-electron chi connectivity index (χ4n) is 2.12. The maximum atomic E-state index is 12.3. The smallest absolute Gasteiger partial charge is 0.238 e. The average molecular weight is 276 g/mol. The minimum atomic E-state index is -2.36. The molecule has 0 aliphatic heterocycles. The van der Waals surface area contributed by atoms with Crippen molar-refractivity contribution in [3.05, 3.63) is 16.5 Å². The van der Waals surface area contributed by atoms with Crippen LogP contribution in [-0.4, -0.2) is 22.7 Å². The van der Waals surface area contributed by atoms with Gasteiger partial charge in [-0.2, -0.15) is 0 Å². The molecule has 0 atom stereocenters. The Balaban J connectivity index is 2.35. The zero-order valence-electron chi connectivity index (χ0n) is 9.50. The van der Waals surface area contributed by atoms with E-state index in [-0.39, 0.29) is 29.5 Å². The molecule has 2 N–H and O–H groups in total. The van der Waals surface area contributed by atoms with Crippen molar-refractivity contribution in [2.75, 3.05) is 5.73 Å². The first-order valence-corrected chi connectivity index (χ1v) is 5.93. The van der Waals surface area contributed by atoms with Crippen LogP contribution < -0.4 is 5.73 Å². The number of aromatic nitrogens is 2. The normalized spacial score (nSPS) is 16.9. The Bertz CT molecular complexity index is 478. The molecule has 18 heavy (non-hydrogen) atoms. The van der Waals surface area contributed by atoms with Crippen molar-refractivity contribution in [3.8, 4) is 0 Å². The molecule has 0 amide bonds. The summed E-state index contributed by atoms with van der Waals surface area (Å²) < 4.78 is 24.6. The Morgan fingerprint density at radius 3 is 2.61 bits per heavy atom. The van der Waals surface area contributed by atoms with E-state index in [0.717, 1.165) is 0 Å². The van der Waals surface area contributed by atoms with Crippen molar-refractivity contribution in [3.63, 3.8) is 0 Å². The van der Waals surface area contributed by atoms with Crippen LogP contribution in [0.25, 0.3) is 0 Å². The highest BCUT2D eigenvalue weighted by atomic mass is 35.5. The fraction of sp³-hybridized carbons (Fsp3) is 0.545. The SMILES string of the molecule is Nc1nc(Cl)nc(C2(CCC(F)F)CC2)c1C=O. The molecule has 0 unspecified atom stereocenters. The van der Waals surface area contributed by atoms with Crippen LogP contribution in [0.5, 0.6) is 0 Å². The van der Waals surface area contributed by atoms with Crippen molar-refractivity contribution in [2.45, 2.75) is 37.5 Å². The summed E-state index contributed by atoms with van der Waals surface area (Å²) in [6, 6.07) is 0. The molecule has 2 rings (SSSR count). The summed E-state index contributed by atoms with van der Waals surface area (Å²) in [4.78, 5) is 18.7. The molecule has 1 heterocycles. The first-order valence-electron chi connectivity index (χ1n) is 5.55. The van der Waals surface area contributed by atoms with E-state index in [9.17, 15) is 13.6 Å². The van der Waals surface area contributed by atoms with Gasteiger partial charge in [0.05, 0.1) is 11.3 Å². The third-order valence-electron chi connectivity index (χ3n) is 3.26. The quantitative estimate of drug-likeness (QED) is 0.662. The van der Waals surface area contributed by atoms with E-state index in [2.05, 4.69) is 9.97 Å². The molecule has 1 aliphatic carbocycles. The van der Waals surface area contributed by atoms with Gasteiger partial charge in [-0.05, 0) is 30.9 Å². The summed E-state index contributed by atoms with van der Waals surface area (Å²) in [6.45, 7) is 0. The number of nitrogens with zero attached hydrogens (tertiary/aromatic N) is 2. The second kappa shape index (κ2) is 4.76. The van der Waals surface area contributed by atoms with E-state index in [1.807, 2.05) is 0 Å². The van der Waals surface area contributed by atoms with Crippen LogP contribution in [0.2, 0.25) is 5.28 Å². The van der Waals surface area contributed by atoms with Crippen molar-refractivity contribution in [2.24, 2.45) is 0 Å². The summed E-state index contributed by atoms with van der Waals surface area (Å²) in [5.74, 6) is 0.00308. The van der Waals surface area contributed by atoms with Gasteiger partial charge in [-0.15, -0.1) is 0 Å². The average Bonchev–Trinajstić information content (AvgIpc) is 3.06. The number of rotatable bonds is 5. The maximum Gasteiger partial charge on any atom is 0.238 e. The third kappa shape index (κ3) is 2.43. The number of aldehydes is 1. The van der Waals surface area contributed by atoms with E-state index < -0.39 is 11.8 Å². The molecule has 0 saturated heterocycles. The molecule has 7 heteroatoms. The Morgan fingerprint density at radius 2 is 2.11 bits per heavy atom. The molecule has 98 valence electrons. The van der Waals surface area contributed by atoms with Gasteiger partial charge in [0.2, 0.25) is 11.7 Å². The summed E-state index contributed by atoms with van der Waals surface area (Å²) >= 11 is 5.71. The molecule has 1 aromatic rings. The number of nitrogen functional groups attached to an aromatic ring is 1. The van der Waals surface area contributed by atoms with Gasteiger partial charge in [-0.25, -0.2) is 18.7 Å². The number of halogens is 3.